The molecule has 4 heterocycles. The van der Waals surface area contributed by atoms with Crippen molar-refractivity contribution >= 4 is 12.0 Å². The molecule has 12 heteroatoms. The third-order valence-corrected chi connectivity index (χ3v) is 10.5. The molecule has 0 aromatic heterocycles. The lowest BCUT2D eigenvalue weighted by Gasteiger charge is -2.59. The van der Waals surface area contributed by atoms with Crippen molar-refractivity contribution in [2.24, 2.45) is 0 Å². The van der Waals surface area contributed by atoms with Crippen LogP contribution in [0.4, 0.5) is 13.2 Å². The van der Waals surface area contributed by atoms with Crippen LogP contribution in [0.15, 0.2) is 36.4 Å². The first-order valence-corrected chi connectivity index (χ1v) is 15.7. The van der Waals surface area contributed by atoms with Gasteiger partial charge < -0.3 is 24.4 Å². The summed E-state index contributed by atoms with van der Waals surface area (Å²) >= 11 is 0. The second-order valence-corrected chi connectivity index (χ2v) is 12.9. The highest BCUT2D eigenvalue weighted by molar-refractivity contribution is 5.87. The number of hydrogen-bond acceptors (Lipinski definition) is 9. The summed E-state index contributed by atoms with van der Waals surface area (Å²) < 4.78 is 57.1. The summed E-state index contributed by atoms with van der Waals surface area (Å²) in [6.45, 7) is 5.23. The number of nitrogens with zero attached hydrogens (tertiary/aromatic N) is 3. The molecule has 0 aliphatic carbocycles. The fourth-order valence-corrected chi connectivity index (χ4v) is 8.06. The van der Waals surface area contributed by atoms with Gasteiger partial charge in [0.15, 0.2) is 11.5 Å². The smallest absolute Gasteiger partial charge is 0.416 e. The van der Waals surface area contributed by atoms with Crippen LogP contribution in [0.5, 0.6) is 23.0 Å². The number of esters is 1. The van der Waals surface area contributed by atoms with Crippen molar-refractivity contribution in [2.45, 2.75) is 70.0 Å². The zero-order chi connectivity index (χ0) is 34.2. The van der Waals surface area contributed by atoms with Gasteiger partial charge in [0, 0.05) is 40.4 Å². The summed E-state index contributed by atoms with van der Waals surface area (Å²) in [7, 11) is 1.95. The van der Waals surface area contributed by atoms with Crippen molar-refractivity contribution in [1.29, 1.82) is 5.26 Å². The number of alkyl halides is 3. The highest BCUT2D eigenvalue weighted by Crippen LogP contribution is 2.57. The van der Waals surface area contributed by atoms with E-state index in [1.807, 2.05) is 25.8 Å². The van der Waals surface area contributed by atoms with Crippen LogP contribution in [0.1, 0.15) is 62.2 Å². The number of carbonyl (C=O) groups is 1. The molecule has 9 nitrogen and oxygen atoms in total. The van der Waals surface area contributed by atoms with E-state index in [0.29, 0.717) is 41.0 Å². The topological polar surface area (TPSA) is 115 Å². The van der Waals surface area contributed by atoms with Gasteiger partial charge in [-0.15, -0.1) is 0 Å². The molecule has 3 aromatic rings. The largest absolute Gasteiger partial charge is 0.507 e. The molecule has 3 aromatic carbocycles. The Morgan fingerprint density at radius 2 is 1.81 bits per heavy atom. The van der Waals surface area contributed by atoms with Crippen LogP contribution in [-0.4, -0.2) is 64.6 Å². The molecule has 7 rings (SSSR count). The van der Waals surface area contributed by atoms with Crippen LogP contribution in [0, 0.1) is 32.1 Å². The molecular weight excluding hydrogens is 627 g/mol. The highest BCUT2D eigenvalue weighted by Gasteiger charge is 2.56. The Kier molecular flexibility index (Phi) is 7.60. The summed E-state index contributed by atoms with van der Waals surface area (Å²) in [6, 6.07) is 6.69. The van der Waals surface area contributed by atoms with Gasteiger partial charge in [-0.05, 0) is 81.1 Å². The summed E-state index contributed by atoms with van der Waals surface area (Å²) in [4.78, 5) is 17.2. The average Bonchev–Trinajstić information content (AvgIpc) is 3.54. The molecule has 1 unspecified atom stereocenters. The van der Waals surface area contributed by atoms with Gasteiger partial charge in [-0.1, -0.05) is 18.2 Å². The van der Waals surface area contributed by atoms with Gasteiger partial charge in [0.2, 0.25) is 6.79 Å². The Morgan fingerprint density at radius 1 is 1.06 bits per heavy atom. The quantitative estimate of drug-likeness (QED) is 0.265. The van der Waals surface area contributed by atoms with E-state index in [0.717, 1.165) is 40.5 Å². The number of nitriles is 1. The predicted octanol–water partition coefficient (Wildman–Crippen LogP) is 5.80. The van der Waals surface area contributed by atoms with Gasteiger partial charge in [-0.2, -0.15) is 18.4 Å². The number of likely N-dealkylation sites (N-methyl/N-ethyl adjacent to an activating group) is 1. The van der Waals surface area contributed by atoms with E-state index in [4.69, 9.17) is 14.2 Å². The van der Waals surface area contributed by atoms with Crippen LogP contribution in [0.3, 0.4) is 0 Å². The minimum atomic E-state index is -4.53. The maximum absolute atomic E-state index is 13.2. The zero-order valence-corrected chi connectivity index (χ0v) is 26.8. The lowest BCUT2D eigenvalue weighted by molar-refractivity contribution is -0.143. The normalized spacial score (nSPS) is 24.5. The van der Waals surface area contributed by atoms with E-state index in [9.17, 15) is 33.4 Å². The molecule has 0 amide bonds. The summed E-state index contributed by atoms with van der Waals surface area (Å²) in [5.74, 6) is 0.221. The second-order valence-electron chi connectivity index (χ2n) is 12.9. The minimum Gasteiger partial charge on any atom is -0.507 e. The Bertz CT molecular complexity index is 1920. The molecule has 250 valence electrons. The number of fused-ring (bicyclic) bond motifs is 9. The molecule has 1 saturated heterocycles. The second kappa shape index (κ2) is 11.5. The minimum absolute atomic E-state index is 0.0216. The number of rotatable bonds is 4. The van der Waals surface area contributed by atoms with Crippen LogP contribution in [0.2, 0.25) is 0 Å². The molecule has 4 aliphatic heterocycles. The molecule has 0 saturated carbocycles. The molecule has 1 fully saturated rings. The van der Waals surface area contributed by atoms with Gasteiger partial charge in [-0.25, -0.2) is 4.79 Å². The number of phenolic OH excluding ortho intramolecular Hbond substituents is 2. The van der Waals surface area contributed by atoms with Gasteiger partial charge in [0.1, 0.15) is 24.1 Å². The predicted molar refractivity (Wildman–Crippen MR) is 167 cm³/mol. The number of ether oxygens (including phenoxy) is 3. The molecule has 4 aliphatic rings. The maximum Gasteiger partial charge on any atom is 0.416 e. The zero-order valence-electron chi connectivity index (χ0n) is 26.8. The molecule has 2 bridgehead atoms. The van der Waals surface area contributed by atoms with Crippen LogP contribution < -0.4 is 9.47 Å². The SMILES string of the molecule is Cc1cc2c(c(O)c1C)[C@H]1C3Cc4c(O)c(C)c5c(c4[C@H](COC(=O)/C=C/c4cccc(C(F)(F)F)c4)N3[C@@H](C#N)[C@H](C2)N1C)OCO5. The molecular formula is C36H34F3N3O6. The number of aryl methyl sites for hydroxylation is 1. The number of benzene rings is 3. The molecule has 0 spiro atoms. The number of phenols is 2. The molecule has 2 N–H and O–H groups in total. The highest BCUT2D eigenvalue weighted by atomic mass is 19.4. The number of piperazine rings is 1. The van der Waals surface area contributed by atoms with Gasteiger partial charge in [0.25, 0.3) is 0 Å². The third-order valence-electron chi connectivity index (χ3n) is 10.5. The lowest BCUT2D eigenvalue weighted by Crippen LogP contribution is -2.68. The fraction of sp³-hybridized carbons (Fsp3) is 0.389. The summed E-state index contributed by atoms with van der Waals surface area (Å²) in [5.41, 5.74) is 4.46. The van der Waals surface area contributed by atoms with Crippen molar-refractivity contribution in [3.63, 3.8) is 0 Å². The fourth-order valence-electron chi connectivity index (χ4n) is 8.06. The Labute approximate surface area is 275 Å². The van der Waals surface area contributed by atoms with Crippen molar-refractivity contribution in [3.05, 3.63) is 86.5 Å². The van der Waals surface area contributed by atoms with Gasteiger partial charge in [-0.3, -0.25) is 9.80 Å². The van der Waals surface area contributed by atoms with E-state index in [-0.39, 0.29) is 42.5 Å². The van der Waals surface area contributed by atoms with E-state index >= 15 is 0 Å². The lowest BCUT2D eigenvalue weighted by atomic mass is 9.71. The van der Waals surface area contributed by atoms with Crippen LogP contribution >= 0.6 is 0 Å². The summed E-state index contributed by atoms with van der Waals surface area (Å²) in [6.07, 6.45) is -1.40. The van der Waals surface area contributed by atoms with E-state index in [1.165, 1.54) is 18.2 Å². The van der Waals surface area contributed by atoms with E-state index < -0.39 is 35.8 Å². The third kappa shape index (κ3) is 4.87. The first-order valence-electron chi connectivity index (χ1n) is 15.7. The standard InChI is InChI=1S/C36H34F3N3O6/c1-17-10-21-12-24-26(14-40)42-25(31(41(24)4)29(21)33(45)18(17)2)13-23-30(35-34(47-16-48-35)19(3)32(23)44)27(42)15-46-28(43)9-8-20-6-5-7-22(11-20)36(37,38)39/h5-11,24-27,31,44-45H,12-13,15-16H2,1-4H3/b9-8+/t24-,25?,26-,27-,31+/m0/s1. The van der Waals surface area contributed by atoms with Gasteiger partial charge in [0.05, 0.1) is 23.7 Å². The number of carbonyl (C=O) groups excluding carboxylic acids is 1. The molecule has 5 atom stereocenters. The molecule has 0 radical (unpaired) electrons. The van der Waals surface area contributed by atoms with Crippen molar-refractivity contribution in [2.75, 3.05) is 20.4 Å². The first-order chi connectivity index (χ1) is 22.8. The first kappa shape index (κ1) is 31.8. The Morgan fingerprint density at radius 3 is 2.54 bits per heavy atom. The van der Waals surface area contributed by atoms with Crippen molar-refractivity contribution < 1.29 is 42.4 Å². The molecule has 48 heavy (non-hydrogen) atoms. The Balaban J connectivity index is 1.30. The Hall–Kier alpha value is -4.73. The summed E-state index contributed by atoms with van der Waals surface area (Å²) in [5, 5.41) is 33.8. The van der Waals surface area contributed by atoms with E-state index in [2.05, 4.69) is 17.0 Å². The maximum atomic E-state index is 13.2. The monoisotopic (exact) mass is 661 g/mol. The number of aromatic hydroxyl groups is 2. The van der Waals surface area contributed by atoms with Crippen molar-refractivity contribution in [1.82, 2.24) is 9.80 Å². The van der Waals surface area contributed by atoms with E-state index in [1.54, 1.807) is 6.92 Å². The van der Waals surface area contributed by atoms with Gasteiger partial charge >= 0.3 is 12.1 Å². The van der Waals surface area contributed by atoms with Crippen LogP contribution in [0.25, 0.3) is 6.08 Å². The van der Waals surface area contributed by atoms with Crippen LogP contribution in [-0.2, 0) is 28.5 Å². The van der Waals surface area contributed by atoms with Crippen molar-refractivity contribution in [3.8, 4) is 29.1 Å². The number of hydrogen-bond donors (Lipinski definition) is 2. The number of halogens is 3. The average molecular weight is 662 g/mol.